The number of carbonyl (C=O) groups is 2. The number of piperidine rings is 1. The number of fused-ring (bicyclic) bond motifs is 1. The zero-order chi connectivity index (χ0) is 25.0. The topological polar surface area (TPSA) is 71.1 Å². The van der Waals surface area contributed by atoms with E-state index in [2.05, 4.69) is 43.1 Å². The number of hydrogen-bond donors (Lipinski definition) is 1. The summed E-state index contributed by atoms with van der Waals surface area (Å²) in [5, 5.41) is 3.05. The summed E-state index contributed by atoms with van der Waals surface area (Å²) in [7, 11) is 0. The summed E-state index contributed by atoms with van der Waals surface area (Å²) >= 11 is 0. The molecule has 0 bridgehead atoms. The monoisotopic (exact) mass is 487 g/mol. The fraction of sp³-hybridized carbons (Fsp3) is 0.714. The Kier molecular flexibility index (Phi) is 11.3. The van der Waals surface area contributed by atoms with Gasteiger partial charge in [-0.25, -0.2) is 0 Å². The molecular weight excluding hydrogens is 442 g/mol. The van der Waals surface area contributed by atoms with Crippen molar-refractivity contribution in [2.75, 3.05) is 39.4 Å². The molecule has 1 saturated heterocycles. The van der Waals surface area contributed by atoms with Crippen LogP contribution in [0, 0.1) is 0 Å². The average Bonchev–Trinajstić information content (AvgIpc) is 2.87. The predicted octanol–water partition coefficient (Wildman–Crippen LogP) is 3.93. The highest BCUT2D eigenvalue weighted by Crippen LogP contribution is 2.25. The van der Waals surface area contributed by atoms with Crippen molar-refractivity contribution >= 4 is 11.8 Å². The van der Waals surface area contributed by atoms with E-state index in [0.717, 1.165) is 81.6 Å². The minimum absolute atomic E-state index is 0.0750. The maximum Gasteiger partial charge on any atom is 0.234 e. The van der Waals surface area contributed by atoms with Gasteiger partial charge in [0, 0.05) is 50.8 Å². The third-order valence-electron chi connectivity index (χ3n) is 6.96. The van der Waals surface area contributed by atoms with Crippen molar-refractivity contribution < 1.29 is 19.1 Å². The second kappa shape index (κ2) is 14.4. The molecule has 0 aromatic heterocycles. The third-order valence-corrected chi connectivity index (χ3v) is 6.96. The minimum Gasteiger partial charge on any atom is -0.493 e. The number of carbonyl (C=O) groups excluding carboxylic acids is 2. The van der Waals surface area contributed by atoms with E-state index >= 15 is 0 Å². The Morgan fingerprint density at radius 3 is 2.71 bits per heavy atom. The molecule has 2 heterocycles. The fourth-order valence-electron chi connectivity index (χ4n) is 4.71. The van der Waals surface area contributed by atoms with E-state index in [4.69, 9.17) is 9.47 Å². The second-order valence-electron chi connectivity index (χ2n) is 10.2. The van der Waals surface area contributed by atoms with Gasteiger partial charge in [-0.1, -0.05) is 19.1 Å². The van der Waals surface area contributed by atoms with Crippen LogP contribution in [0.15, 0.2) is 18.2 Å². The molecule has 35 heavy (non-hydrogen) atoms. The van der Waals surface area contributed by atoms with Gasteiger partial charge in [-0.15, -0.1) is 0 Å². The van der Waals surface area contributed by atoms with Crippen molar-refractivity contribution in [1.29, 1.82) is 0 Å². The lowest BCUT2D eigenvalue weighted by Gasteiger charge is -2.32. The highest BCUT2D eigenvalue weighted by molar-refractivity contribution is 5.78. The Morgan fingerprint density at radius 1 is 1.17 bits per heavy atom. The first kappa shape index (κ1) is 27.5. The summed E-state index contributed by atoms with van der Waals surface area (Å²) in [6, 6.07) is 6.53. The van der Waals surface area contributed by atoms with E-state index in [1.165, 1.54) is 0 Å². The molecule has 2 aliphatic rings. The van der Waals surface area contributed by atoms with Crippen LogP contribution in [0.2, 0.25) is 0 Å². The molecule has 0 unspecified atom stereocenters. The molecule has 3 rings (SSSR count). The summed E-state index contributed by atoms with van der Waals surface area (Å²) in [5.74, 6) is 1.19. The molecule has 196 valence electrons. The van der Waals surface area contributed by atoms with E-state index in [0.29, 0.717) is 38.6 Å². The SMILES string of the molecule is CCCOC1CCN(C(=O)CCc2ccc3c(c2)CN(C(C)C)CC(=O)NCCCCCO3)CC1. The number of nitrogens with one attached hydrogen (secondary N) is 1. The first-order valence-electron chi connectivity index (χ1n) is 13.6. The third kappa shape index (κ3) is 9.12. The highest BCUT2D eigenvalue weighted by atomic mass is 16.5. The smallest absolute Gasteiger partial charge is 0.234 e. The van der Waals surface area contributed by atoms with E-state index in [1.54, 1.807) is 0 Å². The van der Waals surface area contributed by atoms with Crippen molar-refractivity contribution in [3.8, 4) is 5.75 Å². The Bertz CT molecular complexity index is 805. The van der Waals surface area contributed by atoms with Crippen LogP contribution in [0.5, 0.6) is 5.75 Å². The number of ether oxygens (including phenoxy) is 2. The number of aryl methyl sites for hydroxylation is 1. The van der Waals surface area contributed by atoms with Crippen molar-refractivity contribution in [3.63, 3.8) is 0 Å². The highest BCUT2D eigenvalue weighted by Gasteiger charge is 2.23. The summed E-state index contributed by atoms with van der Waals surface area (Å²) in [6.07, 6.45) is 7.39. The van der Waals surface area contributed by atoms with E-state index < -0.39 is 0 Å². The molecule has 7 nitrogen and oxygen atoms in total. The van der Waals surface area contributed by atoms with Gasteiger partial charge < -0.3 is 19.7 Å². The molecule has 0 atom stereocenters. The van der Waals surface area contributed by atoms with Gasteiger partial charge in [0.1, 0.15) is 5.75 Å². The summed E-state index contributed by atoms with van der Waals surface area (Å²) < 4.78 is 12.0. The van der Waals surface area contributed by atoms with Gasteiger partial charge in [0.2, 0.25) is 11.8 Å². The zero-order valence-corrected chi connectivity index (χ0v) is 22.0. The Hall–Kier alpha value is -2.12. The molecular formula is C28H45N3O4. The Labute approximate surface area is 211 Å². The molecule has 0 radical (unpaired) electrons. The zero-order valence-electron chi connectivity index (χ0n) is 22.0. The van der Waals surface area contributed by atoms with Crippen molar-refractivity contribution in [2.24, 2.45) is 0 Å². The molecule has 1 fully saturated rings. The van der Waals surface area contributed by atoms with Crippen LogP contribution < -0.4 is 10.1 Å². The molecule has 1 N–H and O–H groups in total. The standard InChI is InChI=1S/C28H45N3O4/c1-4-17-34-25-12-15-30(16-13-25)28(33)11-9-23-8-10-26-24(19-23)20-31(22(2)3)21-27(32)29-14-6-5-7-18-35-26/h8,10,19,22,25H,4-7,9,11-18,20-21H2,1-3H3,(H,29,32). The van der Waals surface area contributed by atoms with Crippen LogP contribution in [-0.4, -0.2) is 73.2 Å². The second-order valence-corrected chi connectivity index (χ2v) is 10.2. The number of nitrogens with zero attached hydrogens (tertiary/aromatic N) is 2. The molecule has 1 aromatic carbocycles. The van der Waals surface area contributed by atoms with Gasteiger partial charge in [-0.3, -0.25) is 14.5 Å². The van der Waals surface area contributed by atoms with Crippen molar-refractivity contribution in [2.45, 2.75) is 90.8 Å². The largest absolute Gasteiger partial charge is 0.493 e. The van der Waals surface area contributed by atoms with Crippen LogP contribution in [-0.2, 0) is 27.3 Å². The molecule has 7 heteroatoms. The molecule has 0 aliphatic carbocycles. The van der Waals surface area contributed by atoms with Crippen LogP contribution in [0.4, 0.5) is 0 Å². The first-order chi connectivity index (χ1) is 17.0. The van der Waals surface area contributed by atoms with Gasteiger partial charge in [-0.2, -0.15) is 0 Å². The number of hydrogen-bond acceptors (Lipinski definition) is 5. The summed E-state index contributed by atoms with van der Waals surface area (Å²) in [6.45, 7) is 11.2. The number of amides is 2. The normalized spacial score (nSPS) is 19.2. The van der Waals surface area contributed by atoms with Crippen molar-refractivity contribution in [1.82, 2.24) is 15.1 Å². The lowest BCUT2D eigenvalue weighted by molar-refractivity contribution is -0.133. The minimum atomic E-state index is 0.0750. The molecule has 0 saturated carbocycles. The van der Waals surface area contributed by atoms with Crippen LogP contribution in [0.25, 0.3) is 0 Å². The number of benzene rings is 1. The van der Waals surface area contributed by atoms with Gasteiger partial charge in [0.15, 0.2) is 0 Å². The summed E-state index contributed by atoms with van der Waals surface area (Å²) in [4.78, 5) is 29.5. The molecule has 2 aliphatic heterocycles. The molecule has 2 amide bonds. The first-order valence-corrected chi connectivity index (χ1v) is 13.6. The van der Waals surface area contributed by atoms with Crippen LogP contribution >= 0.6 is 0 Å². The average molecular weight is 488 g/mol. The molecule has 0 spiro atoms. The Balaban J connectivity index is 1.62. The lowest BCUT2D eigenvalue weighted by atomic mass is 10.0. The fourth-order valence-corrected chi connectivity index (χ4v) is 4.71. The maximum atomic E-state index is 12.9. The van der Waals surface area contributed by atoms with Gasteiger partial charge in [0.25, 0.3) is 0 Å². The van der Waals surface area contributed by atoms with E-state index in [1.807, 2.05) is 11.0 Å². The lowest BCUT2D eigenvalue weighted by Crippen LogP contribution is -2.41. The van der Waals surface area contributed by atoms with E-state index in [-0.39, 0.29) is 17.9 Å². The van der Waals surface area contributed by atoms with Gasteiger partial charge >= 0.3 is 0 Å². The predicted molar refractivity (Wildman–Crippen MR) is 139 cm³/mol. The van der Waals surface area contributed by atoms with Crippen LogP contribution in [0.3, 0.4) is 0 Å². The quantitative estimate of drug-likeness (QED) is 0.631. The van der Waals surface area contributed by atoms with Gasteiger partial charge in [0.05, 0.1) is 19.3 Å². The number of likely N-dealkylation sites (tertiary alicyclic amines) is 1. The summed E-state index contributed by atoms with van der Waals surface area (Å²) in [5.41, 5.74) is 2.23. The Morgan fingerprint density at radius 2 is 1.97 bits per heavy atom. The van der Waals surface area contributed by atoms with Crippen LogP contribution in [0.1, 0.15) is 76.8 Å². The molecule has 1 aromatic rings. The van der Waals surface area contributed by atoms with Crippen molar-refractivity contribution in [3.05, 3.63) is 29.3 Å². The van der Waals surface area contributed by atoms with Gasteiger partial charge in [-0.05, 0) is 70.4 Å². The number of rotatable bonds is 7. The maximum absolute atomic E-state index is 12.9. The van der Waals surface area contributed by atoms with E-state index in [9.17, 15) is 9.59 Å².